The van der Waals surface area contributed by atoms with Crippen molar-refractivity contribution in [1.29, 1.82) is 0 Å². The van der Waals surface area contributed by atoms with Crippen molar-refractivity contribution in [3.05, 3.63) is 29.6 Å². The van der Waals surface area contributed by atoms with Crippen molar-refractivity contribution in [2.24, 2.45) is 5.92 Å². The van der Waals surface area contributed by atoms with Gasteiger partial charge in [0.25, 0.3) is 0 Å². The molecule has 2 N–H and O–H groups in total. The first-order valence-electron chi connectivity index (χ1n) is 11.3. The maximum atomic E-state index is 13.6. The summed E-state index contributed by atoms with van der Waals surface area (Å²) in [6.45, 7) is 9.92. The Morgan fingerprint density at radius 2 is 1.85 bits per heavy atom. The highest BCUT2D eigenvalue weighted by atomic mass is 19.1. The molecule has 0 aliphatic carbocycles. The molecule has 0 spiro atoms. The third-order valence-corrected chi connectivity index (χ3v) is 5.28. The number of carbonyl (C=O) groups excluding carboxylic acids is 2. The first-order chi connectivity index (χ1) is 15.4. The molecule has 184 valence electrons. The number of aliphatic carboxylic acids is 1. The quantitative estimate of drug-likeness (QED) is 0.604. The number of aryl methyl sites for hydroxylation is 1. The molecule has 1 heterocycles. The van der Waals surface area contributed by atoms with Gasteiger partial charge in [-0.05, 0) is 56.9 Å². The number of rotatable bonds is 8. The number of benzene rings is 1. The molecule has 0 bridgehead atoms. The Bertz CT molecular complexity index is 844. The Balaban J connectivity index is 1.96. The Morgan fingerprint density at radius 1 is 1.21 bits per heavy atom. The lowest BCUT2D eigenvalue weighted by molar-refractivity contribution is -0.137. The van der Waals surface area contributed by atoms with Crippen LogP contribution >= 0.6 is 0 Å². The third kappa shape index (κ3) is 8.55. The number of halogens is 1. The van der Waals surface area contributed by atoms with Crippen molar-refractivity contribution >= 4 is 18.0 Å². The van der Waals surface area contributed by atoms with Crippen LogP contribution in [0.4, 0.5) is 9.18 Å². The summed E-state index contributed by atoms with van der Waals surface area (Å²) in [6, 6.07) is 3.40. The molecule has 0 radical (unpaired) electrons. The van der Waals surface area contributed by atoms with Crippen LogP contribution < -0.4 is 10.1 Å². The number of hydrogen-bond donors (Lipinski definition) is 2. The van der Waals surface area contributed by atoms with E-state index in [4.69, 9.17) is 14.6 Å². The predicted octanol–water partition coefficient (Wildman–Crippen LogP) is 3.76. The minimum Gasteiger partial charge on any atom is -0.490 e. The zero-order chi connectivity index (χ0) is 24.8. The second kappa shape index (κ2) is 11.3. The first-order valence-corrected chi connectivity index (χ1v) is 11.3. The van der Waals surface area contributed by atoms with Crippen molar-refractivity contribution in [2.45, 2.75) is 78.0 Å². The van der Waals surface area contributed by atoms with Crippen molar-refractivity contribution in [1.82, 2.24) is 10.2 Å². The van der Waals surface area contributed by atoms with Gasteiger partial charge in [-0.3, -0.25) is 9.59 Å². The first kappa shape index (κ1) is 26.4. The maximum absolute atomic E-state index is 13.6. The highest BCUT2D eigenvalue weighted by Gasteiger charge is 2.33. The third-order valence-electron chi connectivity index (χ3n) is 5.28. The minimum absolute atomic E-state index is 0.116. The number of ether oxygens (including phenoxy) is 2. The average molecular weight is 467 g/mol. The Morgan fingerprint density at radius 3 is 2.39 bits per heavy atom. The van der Waals surface area contributed by atoms with Gasteiger partial charge in [0, 0.05) is 32.4 Å². The van der Waals surface area contributed by atoms with Gasteiger partial charge in [-0.1, -0.05) is 13.8 Å². The molecule has 2 amide bonds. The van der Waals surface area contributed by atoms with Gasteiger partial charge in [-0.25, -0.2) is 9.18 Å². The van der Waals surface area contributed by atoms with Gasteiger partial charge >= 0.3 is 12.1 Å². The fourth-order valence-corrected chi connectivity index (χ4v) is 3.62. The van der Waals surface area contributed by atoms with Gasteiger partial charge in [0.2, 0.25) is 5.91 Å². The molecule has 1 aliphatic rings. The molecule has 0 saturated carbocycles. The highest BCUT2D eigenvalue weighted by Crippen LogP contribution is 2.26. The number of alkyl carbamates (subject to hydrolysis) is 1. The van der Waals surface area contributed by atoms with Crippen LogP contribution in [0.15, 0.2) is 18.2 Å². The molecule has 2 rings (SSSR count). The van der Waals surface area contributed by atoms with E-state index in [2.05, 4.69) is 5.32 Å². The monoisotopic (exact) mass is 466 g/mol. The van der Waals surface area contributed by atoms with Crippen LogP contribution in [0, 0.1) is 11.7 Å². The standard InChI is InChI=1S/C24H35FN2O6/c1-15(2)21(26-23(31)33-24(3,4)5)22(30)27-12-10-18(11-13-27)32-19-8-7-17(25)14-16(19)6-9-20(28)29/h7-8,14-15,18,21H,6,9-13H2,1-5H3,(H,26,31)(H,28,29)/t21-/m0/s1. The van der Waals surface area contributed by atoms with Crippen LogP contribution in [0.1, 0.15) is 59.4 Å². The number of amides is 2. The Kier molecular flexibility index (Phi) is 9.07. The molecule has 1 aliphatic heterocycles. The predicted molar refractivity (Wildman–Crippen MR) is 121 cm³/mol. The van der Waals surface area contributed by atoms with Gasteiger partial charge in [0.05, 0.1) is 0 Å². The van der Waals surface area contributed by atoms with Crippen LogP contribution in [0.2, 0.25) is 0 Å². The highest BCUT2D eigenvalue weighted by molar-refractivity contribution is 5.86. The summed E-state index contributed by atoms with van der Waals surface area (Å²) in [6.07, 6.45) is 0.384. The van der Waals surface area contributed by atoms with E-state index in [1.807, 2.05) is 13.8 Å². The van der Waals surface area contributed by atoms with Crippen LogP contribution in [0.25, 0.3) is 0 Å². The second-order valence-electron chi connectivity index (χ2n) is 9.66. The number of carboxylic acids is 1. The SMILES string of the molecule is CC(C)[C@H](NC(=O)OC(C)(C)C)C(=O)N1CCC(Oc2ccc(F)cc2CCC(=O)O)CC1. The number of piperidine rings is 1. The smallest absolute Gasteiger partial charge is 0.408 e. The summed E-state index contributed by atoms with van der Waals surface area (Å²) in [7, 11) is 0. The van der Waals surface area contributed by atoms with Gasteiger partial charge in [-0.2, -0.15) is 0 Å². The number of hydrogen-bond acceptors (Lipinski definition) is 5. The van der Waals surface area contributed by atoms with E-state index in [1.54, 1.807) is 25.7 Å². The average Bonchev–Trinajstić information content (AvgIpc) is 2.70. The largest absolute Gasteiger partial charge is 0.490 e. The van der Waals surface area contributed by atoms with Crippen LogP contribution in [-0.2, 0) is 20.7 Å². The van der Waals surface area contributed by atoms with Crippen molar-refractivity contribution in [2.75, 3.05) is 13.1 Å². The molecule has 1 saturated heterocycles. The summed E-state index contributed by atoms with van der Waals surface area (Å²) < 4.78 is 25.0. The normalized spacial score (nSPS) is 15.8. The fraction of sp³-hybridized carbons (Fsp3) is 0.625. The molecule has 1 aromatic rings. The molecule has 33 heavy (non-hydrogen) atoms. The van der Waals surface area contributed by atoms with Crippen molar-refractivity contribution in [3.63, 3.8) is 0 Å². The van der Waals surface area contributed by atoms with Crippen LogP contribution in [0.5, 0.6) is 5.75 Å². The lowest BCUT2D eigenvalue weighted by Crippen LogP contribution is -2.54. The van der Waals surface area contributed by atoms with E-state index in [9.17, 15) is 18.8 Å². The number of nitrogens with one attached hydrogen (secondary N) is 1. The van der Waals surface area contributed by atoms with E-state index in [-0.39, 0.29) is 30.8 Å². The molecule has 0 unspecified atom stereocenters. The molecule has 0 aromatic heterocycles. The van der Waals surface area contributed by atoms with Crippen LogP contribution in [0.3, 0.4) is 0 Å². The molecular weight excluding hydrogens is 431 g/mol. The van der Waals surface area contributed by atoms with E-state index in [0.29, 0.717) is 37.2 Å². The van der Waals surface area contributed by atoms with Gasteiger partial charge in [-0.15, -0.1) is 0 Å². The summed E-state index contributed by atoms with van der Waals surface area (Å²) in [5.74, 6) is -1.22. The summed E-state index contributed by atoms with van der Waals surface area (Å²) in [4.78, 5) is 37.8. The number of nitrogens with zero attached hydrogens (tertiary/aromatic N) is 1. The summed E-state index contributed by atoms with van der Waals surface area (Å²) in [5.41, 5.74) is -0.147. The van der Waals surface area contributed by atoms with E-state index >= 15 is 0 Å². The van der Waals surface area contributed by atoms with Crippen molar-refractivity contribution in [3.8, 4) is 5.75 Å². The fourth-order valence-electron chi connectivity index (χ4n) is 3.62. The van der Waals surface area contributed by atoms with Gasteiger partial charge in [0.1, 0.15) is 29.3 Å². The van der Waals surface area contributed by atoms with E-state index in [1.165, 1.54) is 18.2 Å². The van der Waals surface area contributed by atoms with Crippen molar-refractivity contribution < 1.29 is 33.4 Å². The maximum Gasteiger partial charge on any atom is 0.408 e. The lowest BCUT2D eigenvalue weighted by Gasteiger charge is -2.35. The number of likely N-dealkylation sites (tertiary alicyclic amines) is 1. The van der Waals surface area contributed by atoms with Gasteiger partial charge < -0.3 is 24.8 Å². The van der Waals surface area contributed by atoms with Gasteiger partial charge in [0.15, 0.2) is 0 Å². The molecule has 1 fully saturated rings. The minimum atomic E-state index is -0.961. The zero-order valence-corrected chi connectivity index (χ0v) is 20.0. The summed E-state index contributed by atoms with van der Waals surface area (Å²) in [5, 5.41) is 11.6. The molecular formula is C24H35FN2O6. The summed E-state index contributed by atoms with van der Waals surface area (Å²) >= 11 is 0. The Labute approximate surface area is 194 Å². The Hall–Kier alpha value is -2.84. The van der Waals surface area contributed by atoms with Crippen LogP contribution in [-0.4, -0.2) is 58.8 Å². The van der Waals surface area contributed by atoms with E-state index in [0.717, 1.165) is 0 Å². The molecule has 1 aromatic carbocycles. The number of carboxylic acid groups (broad SMARTS) is 1. The topological polar surface area (TPSA) is 105 Å². The molecule has 1 atom stereocenters. The molecule has 9 heteroatoms. The lowest BCUT2D eigenvalue weighted by atomic mass is 10.0. The zero-order valence-electron chi connectivity index (χ0n) is 20.0. The number of carbonyl (C=O) groups is 3. The molecule has 8 nitrogen and oxygen atoms in total. The second-order valence-corrected chi connectivity index (χ2v) is 9.66. The van der Waals surface area contributed by atoms with E-state index < -0.39 is 29.5 Å².